The highest BCUT2D eigenvalue weighted by molar-refractivity contribution is 6.31. The maximum Gasteiger partial charge on any atom is 0.414 e. The Balaban J connectivity index is 1.87. The number of rotatable bonds is 3. The van der Waals surface area contributed by atoms with Crippen LogP contribution in [0, 0.1) is 11.8 Å². The third kappa shape index (κ3) is 3.45. The second kappa shape index (κ2) is 7.85. The van der Waals surface area contributed by atoms with Gasteiger partial charge in [-0.3, -0.25) is 4.79 Å². The van der Waals surface area contributed by atoms with E-state index in [0.29, 0.717) is 36.0 Å². The van der Waals surface area contributed by atoms with Gasteiger partial charge in [0.1, 0.15) is 5.78 Å². The number of hydrogen-bond acceptors (Lipinski definition) is 3. The number of hydrogen-bond donors (Lipinski definition) is 0. The first-order valence-corrected chi connectivity index (χ1v) is 10.3. The Morgan fingerprint density at radius 2 is 1.72 bits per heavy atom. The topological polar surface area (TPSA) is 46.6 Å². The Hall–Kier alpha value is -2.30. The molecule has 2 aromatic rings. The fourth-order valence-corrected chi connectivity index (χ4v) is 5.41. The van der Waals surface area contributed by atoms with E-state index >= 15 is 0 Å². The first-order chi connectivity index (χ1) is 14.0. The zero-order valence-electron chi connectivity index (χ0n) is 15.8. The van der Waals surface area contributed by atoms with Gasteiger partial charge in [0, 0.05) is 46.8 Å². The van der Waals surface area contributed by atoms with E-state index in [-0.39, 0.29) is 17.6 Å². The van der Waals surface area contributed by atoms with Crippen molar-refractivity contribution in [3.63, 3.8) is 0 Å². The molecule has 0 radical (unpaired) electrons. The summed E-state index contributed by atoms with van der Waals surface area (Å²) in [6.07, 6.45) is 1.71. The lowest BCUT2D eigenvalue weighted by atomic mass is 9.56. The standard InChI is InChI=1S/C23H21Cl2NO3/c1-2-29-22(28)26-13-19-20(14-26)23(10-9-21(19)27,15-5-3-7-17(24)11-15)16-6-4-8-18(25)12-16/h2-8,11-12,19-20H,1,9-10,13-14H2. The van der Waals surface area contributed by atoms with E-state index in [2.05, 4.69) is 6.58 Å². The second-order valence-corrected chi connectivity index (χ2v) is 8.50. The molecule has 29 heavy (non-hydrogen) atoms. The van der Waals surface area contributed by atoms with E-state index in [1.807, 2.05) is 48.5 Å². The third-order valence-electron chi connectivity index (χ3n) is 6.25. The summed E-state index contributed by atoms with van der Waals surface area (Å²) < 4.78 is 4.98. The van der Waals surface area contributed by atoms with Crippen LogP contribution in [0.3, 0.4) is 0 Å². The molecular weight excluding hydrogens is 409 g/mol. The van der Waals surface area contributed by atoms with Crippen LogP contribution in [-0.2, 0) is 14.9 Å². The summed E-state index contributed by atoms with van der Waals surface area (Å²) in [5.74, 6) is -0.180. The number of ether oxygens (including phenoxy) is 1. The SMILES string of the molecule is C=COC(=O)N1CC2C(=O)CCC(c3cccc(Cl)c3)(c3cccc(Cl)c3)C2C1. The van der Waals surface area contributed by atoms with Crippen LogP contribution in [0.2, 0.25) is 10.0 Å². The number of fused-ring (bicyclic) bond motifs is 1. The van der Waals surface area contributed by atoms with Crippen molar-refractivity contribution in [3.8, 4) is 0 Å². The lowest BCUT2D eigenvalue weighted by Crippen LogP contribution is -2.47. The van der Waals surface area contributed by atoms with E-state index in [1.54, 1.807) is 4.90 Å². The number of carbonyl (C=O) groups excluding carboxylic acids is 2. The first-order valence-electron chi connectivity index (χ1n) is 9.57. The maximum atomic E-state index is 12.8. The van der Waals surface area contributed by atoms with Crippen LogP contribution in [0.15, 0.2) is 61.4 Å². The minimum absolute atomic E-state index is 0.0990. The van der Waals surface area contributed by atoms with Crippen molar-refractivity contribution in [1.29, 1.82) is 0 Å². The number of benzene rings is 2. The molecule has 2 aromatic carbocycles. The van der Waals surface area contributed by atoms with Crippen LogP contribution < -0.4 is 0 Å². The van der Waals surface area contributed by atoms with Crippen molar-refractivity contribution in [2.24, 2.45) is 11.8 Å². The van der Waals surface area contributed by atoms with E-state index in [4.69, 9.17) is 27.9 Å². The molecule has 1 heterocycles. The molecule has 4 nitrogen and oxygen atoms in total. The number of nitrogens with zero attached hydrogens (tertiary/aromatic N) is 1. The molecule has 1 amide bonds. The van der Waals surface area contributed by atoms with Gasteiger partial charge in [-0.15, -0.1) is 0 Å². The molecule has 2 aliphatic rings. The summed E-state index contributed by atoms with van der Waals surface area (Å²) in [5, 5.41) is 1.27. The zero-order chi connectivity index (χ0) is 20.6. The average molecular weight is 430 g/mol. The van der Waals surface area contributed by atoms with Crippen LogP contribution >= 0.6 is 23.2 Å². The molecule has 2 fully saturated rings. The summed E-state index contributed by atoms with van der Waals surface area (Å²) in [5.41, 5.74) is 1.60. The van der Waals surface area contributed by atoms with Gasteiger partial charge in [-0.1, -0.05) is 54.0 Å². The summed E-state index contributed by atoms with van der Waals surface area (Å²) >= 11 is 12.7. The van der Waals surface area contributed by atoms with Gasteiger partial charge in [0.2, 0.25) is 0 Å². The van der Waals surface area contributed by atoms with E-state index in [0.717, 1.165) is 17.4 Å². The summed E-state index contributed by atoms with van der Waals surface area (Å²) in [6.45, 7) is 4.22. The molecule has 1 saturated carbocycles. The van der Waals surface area contributed by atoms with Crippen LogP contribution in [0.5, 0.6) is 0 Å². The molecule has 0 N–H and O–H groups in total. The highest BCUT2D eigenvalue weighted by Crippen LogP contribution is 2.53. The maximum absolute atomic E-state index is 12.8. The zero-order valence-corrected chi connectivity index (χ0v) is 17.3. The lowest BCUT2D eigenvalue weighted by molar-refractivity contribution is -0.126. The van der Waals surface area contributed by atoms with Gasteiger partial charge in [-0.05, 0) is 41.8 Å². The van der Waals surface area contributed by atoms with Crippen molar-refractivity contribution in [3.05, 3.63) is 82.5 Å². The quantitative estimate of drug-likeness (QED) is 0.607. The number of halogens is 2. The Labute approximate surface area is 180 Å². The van der Waals surface area contributed by atoms with Gasteiger partial charge in [0.25, 0.3) is 0 Å². The van der Waals surface area contributed by atoms with Crippen LogP contribution in [0.4, 0.5) is 4.79 Å². The molecule has 1 aliphatic carbocycles. The molecule has 0 bridgehead atoms. The van der Waals surface area contributed by atoms with Crippen LogP contribution in [0.25, 0.3) is 0 Å². The molecule has 0 aromatic heterocycles. The largest absolute Gasteiger partial charge is 0.419 e. The fourth-order valence-electron chi connectivity index (χ4n) is 5.03. The van der Waals surface area contributed by atoms with Crippen molar-refractivity contribution < 1.29 is 14.3 Å². The predicted octanol–water partition coefficient (Wildman–Crippen LogP) is 5.47. The molecule has 6 heteroatoms. The molecule has 150 valence electrons. The fraction of sp³-hybridized carbons (Fsp3) is 0.304. The van der Waals surface area contributed by atoms with E-state index in [9.17, 15) is 9.59 Å². The van der Waals surface area contributed by atoms with E-state index < -0.39 is 11.5 Å². The Morgan fingerprint density at radius 1 is 1.10 bits per heavy atom. The minimum Gasteiger partial charge on any atom is -0.419 e. The smallest absolute Gasteiger partial charge is 0.414 e. The second-order valence-electron chi connectivity index (χ2n) is 7.63. The first kappa shape index (κ1) is 20.0. The number of Topliss-reactive ketones (excluding diaryl/α,β-unsaturated/α-hetero) is 1. The summed E-state index contributed by atoms with van der Waals surface area (Å²) in [4.78, 5) is 26.8. The molecule has 2 atom stereocenters. The number of carbonyl (C=O) groups is 2. The molecular formula is C23H21Cl2NO3. The van der Waals surface area contributed by atoms with Crippen molar-refractivity contribution in [1.82, 2.24) is 4.90 Å². The van der Waals surface area contributed by atoms with Gasteiger partial charge in [-0.2, -0.15) is 0 Å². The highest BCUT2D eigenvalue weighted by atomic mass is 35.5. The monoisotopic (exact) mass is 429 g/mol. The van der Waals surface area contributed by atoms with Gasteiger partial charge < -0.3 is 9.64 Å². The third-order valence-corrected chi connectivity index (χ3v) is 6.72. The average Bonchev–Trinajstić information content (AvgIpc) is 3.16. The van der Waals surface area contributed by atoms with Gasteiger partial charge >= 0.3 is 6.09 Å². The number of amides is 1. The number of likely N-dealkylation sites (tertiary alicyclic amines) is 1. The minimum atomic E-state index is -0.478. The normalized spacial score (nSPS) is 22.8. The lowest BCUT2D eigenvalue weighted by Gasteiger charge is -2.45. The Kier molecular flexibility index (Phi) is 5.41. The van der Waals surface area contributed by atoms with E-state index in [1.165, 1.54) is 0 Å². The van der Waals surface area contributed by atoms with Crippen LogP contribution in [-0.4, -0.2) is 29.9 Å². The van der Waals surface area contributed by atoms with Gasteiger partial charge in [0.15, 0.2) is 0 Å². The molecule has 1 aliphatic heterocycles. The van der Waals surface area contributed by atoms with Crippen molar-refractivity contribution in [2.45, 2.75) is 18.3 Å². The highest BCUT2D eigenvalue weighted by Gasteiger charge is 2.55. The van der Waals surface area contributed by atoms with Gasteiger partial charge in [0.05, 0.1) is 6.26 Å². The Bertz CT molecular complexity index is 929. The predicted molar refractivity (Wildman–Crippen MR) is 113 cm³/mol. The molecule has 4 rings (SSSR count). The molecule has 1 saturated heterocycles. The van der Waals surface area contributed by atoms with Crippen molar-refractivity contribution in [2.75, 3.05) is 13.1 Å². The summed E-state index contributed by atoms with van der Waals surface area (Å²) in [6, 6.07) is 15.5. The van der Waals surface area contributed by atoms with Crippen LogP contribution in [0.1, 0.15) is 24.0 Å². The molecule has 2 unspecified atom stereocenters. The summed E-state index contributed by atoms with van der Waals surface area (Å²) in [7, 11) is 0. The Morgan fingerprint density at radius 3 is 2.28 bits per heavy atom. The number of ketones is 1. The van der Waals surface area contributed by atoms with Gasteiger partial charge in [-0.25, -0.2) is 4.79 Å². The van der Waals surface area contributed by atoms with Crippen molar-refractivity contribution >= 4 is 35.1 Å². The molecule has 0 spiro atoms.